The number of hydrogen-bond acceptors (Lipinski definition) is 6. The molecule has 0 saturated carbocycles. The second-order valence-electron chi connectivity index (χ2n) is 4.96. The van der Waals surface area contributed by atoms with Gasteiger partial charge in [-0.25, -0.2) is 0 Å². The first kappa shape index (κ1) is 15.6. The van der Waals surface area contributed by atoms with E-state index >= 15 is 0 Å². The molecule has 1 aromatic rings. The fourth-order valence-corrected chi connectivity index (χ4v) is 3.55. The minimum absolute atomic E-state index is 0.0822. The van der Waals surface area contributed by atoms with Crippen molar-refractivity contribution in [1.29, 1.82) is 0 Å². The molecule has 1 aliphatic heterocycles. The van der Waals surface area contributed by atoms with E-state index in [9.17, 15) is 9.59 Å². The van der Waals surface area contributed by atoms with Gasteiger partial charge in [0.25, 0.3) is 11.8 Å². The van der Waals surface area contributed by atoms with Crippen LogP contribution >= 0.6 is 11.3 Å². The zero-order valence-electron chi connectivity index (χ0n) is 12.2. The molecular formula is C13H21N5O2S. The van der Waals surface area contributed by atoms with E-state index in [1.807, 2.05) is 11.8 Å². The SMILES string of the molecule is CCNC(=O)c1sc(N2CCC(N)C2)c(C(=O)NC)c1N. The van der Waals surface area contributed by atoms with E-state index in [1.54, 1.807) is 7.05 Å². The molecule has 1 aromatic heterocycles. The third-order valence-electron chi connectivity index (χ3n) is 3.44. The Balaban J connectivity index is 2.44. The molecule has 0 aliphatic carbocycles. The number of thiophene rings is 1. The van der Waals surface area contributed by atoms with Gasteiger partial charge in [0, 0.05) is 32.7 Å². The fourth-order valence-electron chi connectivity index (χ4n) is 2.38. The molecule has 1 fully saturated rings. The van der Waals surface area contributed by atoms with Crippen LogP contribution in [0.4, 0.5) is 10.7 Å². The van der Waals surface area contributed by atoms with E-state index in [1.165, 1.54) is 11.3 Å². The number of nitrogen functional groups attached to an aromatic ring is 1. The van der Waals surface area contributed by atoms with Crippen LogP contribution in [0.3, 0.4) is 0 Å². The topological polar surface area (TPSA) is 113 Å². The molecule has 2 heterocycles. The number of nitrogens with two attached hydrogens (primary N) is 2. The summed E-state index contributed by atoms with van der Waals surface area (Å²) >= 11 is 1.25. The van der Waals surface area contributed by atoms with Crippen LogP contribution in [-0.2, 0) is 0 Å². The van der Waals surface area contributed by atoms with Gasteiger partial charge >= 0.3 is 0 Å². The molecule has 0 spiro atoms. The molecule has 0 radical (unpaired) electrons. The highest BCUT2D eigenvalue weighted by Gasteiger charge is 2.30. The van der Waals surface area contributed by atoms with Crippen LogP contribution in [0.5, 0.6) is 0 Å². The zero-order chi connectivity index (χ0) is 15.6. The van der Waals surface area contributed by atoms with Gasteiger partial charge in [-0.1, -0.05) is 0 Å². The normalized spacial score (nSPS) is 17.9. The quantitative estimate of drug-likeness (QED) is 0.624. The lowest BCUT2D eigenvalue weighted by Gasteiger charge is -2.17. The van der Waals surface area contributed by atoms with Crippen molar-refractivity contribution >= 4 is 33.8 Å². The van der Waals surface area contributed by atoms with Crippen LogP contribution in [-0.4, -0.2) is 44.5 Å². The number of nitrogens with zero attached hydrogens (tertiary/aromatic N) is 1. The van der Waals surface area contributed by atoms with Crippen molar-refractivity contribution in [2.75, 3.05) is 37.3 Å². The Hall–Kier alpha value is -1.80. The molecule has 7 nitrogen and oxygen atoms in total. The first-order valence-corrected chi connectivity index (χ1v) is 7.74. The minimum atomic E-state index is -0.283. The minimum Gasteiger partial charge on any atom is -0.397 e. The van der Waals surface area contributed by atoms with Crippen molar-refractivity contribution in [2.45, 2.75) is 19.4 Å². The van der Waals surface area contributed by atoms with Gasteiger partial charge in [0.2, 0.25) is 0 Å². The Morgan fingerprint density at radius 2 is 2.14 bits per heavy atom. The fraction of sp³-hybridized carbons (Fsp3) is 0.538. The molecule has 116 valence electrons. The molecule has 0 bridgehead atoms. The summed E-state index contributed by atoms with van der Waals surface area (Å²) in [5.74, 6) is -0.533. The first-order valence-electron chi connectivity index (χ1n) is 6.92. The van der Waals surface area contributed by atoms with Gasteiger partial charge in [-0.15, -0.1) is 11.3 Å². The number of anilines is 2. The molecule has 0 aromatic carbocycles. The second-order valence-corrected chi connectivity index (χ2v) is 5.96. The van der Waals surface area contributed by atoms with Gasteiger partial charge in [0.05, 0.1) is 11.3 Å². The molecule has 1 aliphatic rings. The number of hydrogen-bond donors (Lipinski definition) is 4. The summed E-state index contributed by atoms with van der Waals surface area (Å²) < 4.78 is 0. The highest BCUT2D eigenvalue weighted by atomic mass is 32.1. The van der Waals surface area contributed by atoms with E-state index in [4.69, 9.17) is 11.5 Å². The lowest BCUT2D eigenvalue weighted by molar-refractivity contribution is 0.0959. The second kappa shape index (κ2) is 6.31. The van der Waals surface area contributed by atoms with Crippen molar-refractivity contribution < 1.29 is 9.59 Å². The van der Waals surface area contributed by atoms with Gasteiger partial charge in [-0.2, -0.15) is 0 Å². The van der Waals surface area contributed by atoms with Gasteiger partial charge < -0.3 is 27.0 Å². The van der Waals surface area contributed by atoms with Crippen LogP contribution in [0, 0.1) is 0 Å². The third kappa shape index (κ3) is 2.96. The summed E-state index contributed by atoms with van der Waals surface area (Å²) in [6.07, 6.45) is 0.863. The van der Waals surface area contributed by atoms with Gasteiger partial charge in [0.1, 0.15) is 9.88 Å². The Morgan fingerprint density at radius 1 is 1.43 bits per heavy atom. The van der Waals surface area contributed by atoms with Gasteiger partial charge in [-0.3, -0.25) is 9.59 Å². The average Bonchev–Trinajstić information content (AvgIpc) is 3.02. The summed E-state index contributed by atoms with van der Waals surface area (Å²) in [5.41, 5.74) is 12.6. The van der Waals surface area contributed by atoms with E-state index in [-0.39, 0.29) is 23.5 Å². The van der Waals surface area contributed by atoms with Crippen LogP contribution in [0.1, 0.15) is 33.4 Å². The predicted molar refractivity (Wildman–Crippen MR) is 84.9 cm³/mol. The maximum absolute atomic E-state index is 12.1. The van der Waals surface area contributed by atoms with Crippen molar-refractivity contribution in [2.24, 2.45) is 5.73 Å². The number of rotatable bonds is 4. The molecule has 1 unspecified atom stereocenters. The number of nitrogens with one attached hydrogen (secondary N) is 2. The van der Waals surface area contributed by atoms with E-state index in [2.05, 4.69) is 10.6 Å². The van der Waals surface area contributed by atoms with Crippen LogP contribution < -0.4 is 27.0 Å². The summed E-state index contributed by atoms with van der Waals surface area (Å²) in [5, 5.41) is 6.02. The maximum Gasteiger partial charge on any atom is 0.263 e. The van der Waals surface area contributed by atoms with Crippen LogP contribution in [0.2, 0.25) is 0 Å². The Labute approximate surface area is 127 Å². The van der Waals surface area contributed by atoms with Crippen LogP contribution in [0.25, 0.3) is 0 Å². The van der Waals surface area contributed by atoms with Crippen molar-refractivity contribution in [3.8, 4) is 0 Å². The first-order chi connectivity index (χ1) is 9.99. The standard InChI is InChI=1S/C13H21N5O2S/c1-3-17-12(20)10-9(15)8(11(19)16-2)13(21-10)18-5-4-7(14)6-18/h7H,3-6,14-15H2,1-2H3,(H,16,19)(H,17,20). The number of carbonyl (C=O) groups is 2. The summed E-state index contributed by atoms with van der Waals surface area (Å²) in [6.45, 7) is 3.77. The summed E-state index contributed by atoms with van der Waals surface area (Å²) in [4.78, 5) is 26.6. The molecule has 6 N–H and O–H groups in total. The lowest BCUT2D eigenvalue weighted by atomic mass is 10.2. The number of carbonyl (C=O) groups excluding carboxylic acids is 2. The maximum atomic E-state index is 12.1. The predicted octanol–water partition coefficient (Wildman–Crippen LogP) is -0.0230. The third-order valence-corrected chi connectivity index (χ3v) is 4.70. The zero-order valence-corrected chi connectivity index (χ0v) is 13.0. The molecule has 1 saturated heterocycles. The smallest absolute Gasteiger partial charge is 0.263 e. The number of amides is 2. The largest absolute Gasteiger partial charge is 0.397 e. The van der Waals surface area contributed by atoms with Gasteiger partial charge in [-0.05, 0) is 13.3 Å². The Bertz CT molecular complexity index is 557. The Morgan fingerprint density at radius 3 is 2.67 bits per heavy atom. The van der Waals surface area contributed by atoms with Crippen molar-refractivity contribution in [1.82, 2.24) is 10.6 Å². The monoisotopic (exact) mass is 311 g/mol. The molecule has 21 heavy (non-hydrogen) atoms. The van der Waals surface area contributed by atoms with E-state index in [0.29, 0.717) is 23.5 Å². The summed E-state index contributed by atoms with van der Waals surface area (Å²) in [7, 11) is 1.55. The molecular weight excluding hydrogens is 290 g/mol. The van der Waals surface area contributed by atoms with E-state index < -0.39 is 0 Å². The van der Waals surface area contributed by atoms with E-state index in [0.717, 1.165) is 18.0 Å². The Kier molecular flexibility index (Phi) is 4.69. The van der Waals surface area contributed by atoms with Crippen molar-refractivity contribution in [3.63, 3.8) is 0 Å². The lowest BCUT2D eigenvalue weighted by Crippen LogP contribution is -2.28. The highest BCUT2D eigenvalue weighted by molar-refractivity contribution is 7.19. The van der Waals surface area contributed by atoms with Crippen LogP contribution in [0.15, 0.2) is 0 Å². The molecule has 1 atom stereocenters. The van der Waals surface area contributed by atoms with Crippen molar-refractivity contribution in [3.05, 3.63) is 10.4 Å². The molecule has 8 heteroatoms. The highest BCUT2D eigenvalue weighted by Crippen LogP contribution is 2.39. The van der Waals surface area contributed by atoms with Gasteiger partial charge in [0.15, 0.2) is 0 Å². The molecule has 2 rings (SSSR count). The molecule has 2 amide bonds. The summed E-state index contributed by atoms with van der Waals surface area (Å²) in [6, 6.07) is 0.0822. The average molecular weight is 311 g/mol.